The number of nitrogens with one attached hydrogen (secondary N) is 1. The van der Waals surface area contributed by atoms with Crippen LogP contribution in [0.15, 0.2) is 12.1 Å². The van der Waals surface area contributed by atoms with Gasteiger partial charge in [-0.05, 0) is 31.7 Å². The van der Waals surface area contributed by atoms with Gasteiger partial charge >= 0.3 is 0 Å². The van der Waals surface area contributed by atoms with E-state index >= 15 is 0 Å². The minimum absolute atomic E-state index is 0.0617. The number of hydrogen-bond acceptors (Lipinski definition) is 5. The number of aryl methyl sites for hydroxylation is 1. The fourth-order valence-electron chi connectivity index (χ4n) is 2.04. The molecule has 0 saturated carbocycles. The molecule has 0 amide bonds. The summed E-state index contributed by atoms with van der Waals surface area (Å²) in [5, 5.41) is 13.9. The zero-order valence-corrected chi connectivity index (χ0v) is 10.4. The molecule has 0 aromatic carbocycles. The van der Waals surface area contributed by atoms with Gasteiger partial charge in [0.2, 0.25) is 0 Å². The van der Waals surface area contributed by atoms with Gasteiger partial charge in [0.15, 0.2) is 0 Å². The molecule has 6 heteroatoms. The molecule has 98 valence electrons. The fourth-order valence-corrected chi connectivity index (χ4v) is 2.04. The summed E-state index contributed by atoms with van der Waals surface area (Å²) >= 11 is 0. The number of pyridine rings is 1. The second kappa shape index (κ2) is 5.77. The molecule has 0 bridgehead atoms. The lowest BCUT2D eigenvalue weighted by atomic mass is 10.0. The third-order valence-corrected chi connectivity index (χ3v) is 3.17. The molecule has 0 radical (unpaired) electrons. The summed E-state index contributed by atoms with van der Waals surface area (Å²) in [6.45, 7) is 4.13. The van der Waals surface area contributed by atoms with Crippen molar-refractivity contribution in [2.45, 2.75) is 19.8 Å². The van der Waals surface area contributed by atoms with E-state index in [-0.39, 0.29) is 5.69 Å². The van der Waals surface area contributed by atoms with Crippen LogP contribution in [0.1, 0.15) is 18.5 Å². The predicted molar refractivity (Wildman–Crippen MR) is 67.7 cm³/mol. The van der Waals surface area contributed by atoms with Crippen LogP contribution < -0.4 is 5.32 Å². The highest BCUT2D eigenvalue weighted by Crippen LogP contribution is 2.19. The van der Waals surface area contributed by atoms with Crippen LogP contribution in [0.3, 0.4) is 0 Å². The van der Waals surface area contributed by atoms with Crippen LogP contribution in [-0.4, -0.2) is 29.7 Å². The van der Waals surface area contributed by atoms with Crippen LogP contribution in [0, 0.1) is 23.0 Å². The second-order valence-electron chi connectivity index (χ2n) is 4.49. The molecule has 1 aliphatic rings. The number of hydrogen-bond donors (Lipinski definition) is 1. The Kier molecular flexibility index (Phi) is 4.09. The summed E-state index contributed by atoms with van der Waals surface area (Å²) in [4.78, 5) is 14.5. The van der Waals surface area contributed by atoms with Crippen LogP contribution >= 0.6 is 0 Å². The van der Waals surface area contributed by atoms with E-state index in [0.29, 0.717) is 17.4 Å². The van der Waals surface area contributed by atoms with Gasteiger partial charge in [0.25, 0.3) is 5.69 Å². The minimum atomic E-state index is -0.412. The van der Waals surface area contributed by atoms with E-state index in [1.165, 1.54) is 6.07 Å². The van der Waals surface area contributed by atoms with Gasteiger partial charge in [-0.1, -0.05) is 0 Å². The number of ether oxygens (including phenoxy) is 1. The average Bonchev–Trinajstić information content (AvgIpc) is 2.37. The molecule has 2 rings (SSSR count). The third kappa shape index (κ3) is 3.16. The normalized spacial score (nSPS) is 16.5. The maximum atomic E-state index is 10.7. The Bertz CT molecular complexity index is 431. The maximum Gasteiger partial charge on any atom is 0.290 e. The summed E-state index contributed by atoms with van der Waals surface area (Å²) < 4.78 is 5.29. The Labute approximate surface area is 106 Å². The Hall–Kier alpha value is -1.69. The van der Waals surface area contributed by atoms with E-state index in [9.17, 15) is 10.1 Å². The van der Waals surface area contributed by atoms with Crippen molar-refractivity contribution >= 4 is 11.5 Å². The van der Waals surface area contributed by atoms with Crippen LogP contribution in [0.25, 0.3) is 0 Å². The van der Waals surface area contributed by atoms with Gasteiger partial charge in [-0.3, -0.25) is 10.1 Å². The van der Waals surface area contributed by atoms with Crippen LogP contribution in [-0.2, 0) is 4.74 Å². The van der Waals surface area contributed by atoms with Gasteiger partial charge < -0.3 is 10.1 Å². The molecule has 0 spiro atoms. The quantitative estimate of drug-likeness (QED) is 0.655. The summed E-state index contributed by atoms with van der Waals surface area (Å²) in [5.74, 6) is 1.29. The molecule has 1 aromatic heterocycles. The number of nitrogens with zero attached hydrogens (tertiary/aromatic N) is 2. The Morgan fingerprint density at radius 3 is 2.83 bits per heavy atom. The predicted octanol–water partition coefficient (Wildman–Crippen LogP) is 2.14. The van der Waals surface area contributed by atoms with Gasteiger partial charge in [0.1, 0.15) is 11.5 Å². The largest absolute Gasteiger partial charge is 0.381 e. The van der Waals surface area contributed by atoms with Crippen molar-refractivity contribution in [3.8, 4) is 0 Å². The van der Waals surface area contributed by atoms with E-state index in [1.807, 2.05) is 0 Å². The molecule has 1 fully saturated rings. The van der Waals surface area contributed by atoms with Crippen molar-refractivity contribution in [1.29, 1.82) is 0 Å². The fraction of sp³-hybridized carbons (Fsp3) is 0.583. The zero-order valence-electron chi connectivity index (χ0n) is 10.4. The number of anilines is 1. The molecule has 1 N–H and O–H groups in total. The Balaban J connectivity index is 1.93. The Morgan fingerprint density at radius 1 is 1.50 bits per heavy atom. The van der Waals surface area contributed by atoms with E-state index in [4.69, 9.17) is 4.74 Å². The molecule has 0 aliphatic carbocycles. The van der Waals surface area contributed by atoms with Crippen molar-refractivity contribution in [2.24, 2.45) is 5.92 Å². The molecule has 18 heavy (non-hydrogen) atoms. The van der Waals surface area contributed by atoms with Crippen molar-refractivity contribution in [3.05, 3.63) is 27.9 Å². The Morgan fingerprint density at radius 2 is 2.22 bits per heavy atom. The highest BCUT2D eigenvalue weighted by molar-refractivity contribution is 5.44. The van der Waals surface area contributed by atoms with Crippen molar-refractivity contribution < 1.29 is 9.66 Å². The first kappa shape index (κ1) is 12.8. The van der Waals surface area contributed by atoms with Crippen molar-refractivity contribution in [3.63, 3.8) is 0 Å². The lowest BCUT2D eigenvalue weighted by molar-refractivity contribution is -0.385. The first-order valence-electron chi connectivity index (χ1n) is 6.10. The van der Waals surface area contributed by atoms with Gasteiger partial charge in [-0.25, -0.2) is 4.98 Å². The molecule has 1 aromatic rings. The highest BCUT2D eigenvalue weighted by atomic mass is 16.6. The second-order valence-corrected chi connectivity index (χ2v) is 4.49. The van der Waals surface area contributed by atoms with Crippen molar-refractivity contribution in [1.82, 2.24) is 4.98 Å². The molecular formula is C12H17N3O3. The number of nitro groups is 1. The summed E-state index contributed by atoms with van der Waals surface area (Å²) in [7, 11) is 0. The molecule has 0 unspecified atom stereocenters. The van der Waals surface area contributed by atoms with E-state index < -0.39 is 4.92 Å². The number of aromatic nitrogens is 1. The topological polar surface area (TPSA) is 77.3 Å². The SMILES string of the molecule is Cc1nc(NCC2CCOCC2)ccc1[N+](=O)[O-]. The van der Waals surface area contributed by atoms with Gasteiger partial charge in [-0.15, -0.1) is 0 Å². The molecule has 6 nitrogen and oxygen atoms in total. The highest BCUT2D eigenvalue weighted by Gasteiger charge is 2.15. The zero-order chi connectivity index (χ0) is 13.0. The third-order valence-electron chi connectivity index (χ3n) is 3.17. The first-order chi connectivity index (χ1) is 8.66. The molecule has 2 heterocycles. The number of rotatable bonds is 4. The van der Waals surface area contributed by atoms with E-state index in [2.05, 4.69) is 10.3 Å². The van der Waals surface area contributed by atoms with Crippen LogP contribution in [0.4, 0.5) is 11.5 Å². The monoisotopic (exact) mass is 251 g/mol. The van der Waals surface area contributed by atoms with Crippen LogP contribution in [0.5, 0.6) is 0 Å². The minimum Gasteiger partial charge on any atom is -0.381 e. The smallest absolute Gasteiger partial charge is 0.290 e. The van der Waals surface area contributed by atoms with E-state index in [1.54, 1.807) is 13.0 Å². The molecular weight excluding hydrogens is 234 g/mol. The molecule has 0 atom stereocenters. The summed E-state index contributed by atoms with van der Waals surface area (Å²) in [6, 6.07) is 3.15. The first-order valence-corrected chi connectivity index (χ1v) is 6.10. The maximum absolute atomic E-state index is 10.7. The lowest BCUT2D eigenvalue weighted by Gasteiger charge is -2.22. The van der Waals surface area contributed by atoms with Crippen LogP contribution in [0.2, 0.25) is 0 Å². The van der Waals surface area contributed by atoms with Crippen molar-refractivity contribution in [2.75, 3.05) is 25.1 Å². The van der Waals surface area contributed by atoms with E-state index in [0.717, 1.165) is 32.6 Å². The standard InChI is InChI=1S/C12H17N3O3/c1-9-11(15(16)17)2-3-12(14-9)13-8-10-4-6-18-7-5-10/h2-3,10H,4-8H2,1H3,(H,13,14). The van der Waals surface area contributed by atoms with Gasteiger partial charge in [0, 0.05) is 25.8 Å². The molecule has 1 saturated heterocycles. The average molecular weight is 251 g/mol. The molecule has 1 aliphatic heterocycles. The summed E-state index contributed by atoms with van der Waals surface area (Å²) in [5.41, 5.74) is 0.503. The summed E-state index contributed by atoms with van der Waals surface area (Å²) in [6.07, 6.45) is 2.11. The van der Waals surface area contributed by atoms with Gasteiger partial charge in [-0.2, -0.15) is 0 Å². The van der Waals surface area contributed by atoms with Gasteiger partial charge in [0.05, 0.1) is 4.92 Å². The lowest BCUT2D eigenvalue weighted by Crippen LogP contribution is -2.23.